The smallest absolute Gasteiger partial charge is 0.0408 e. The minimum absolute atomic E-state index is 0.600. The first kappa shape index (κ1) is 12.5. The van der Waals surface area contributed by atoms with Crippen molar-refractivity contribution in [3.8, 4) is 0 Å². The van der Waals surface area contributed by atoms with Crippen molar-refractivity contribution in [3.63, 3.8) is 0 Å². The molecule has 2 fully saturated rings. The maximum atomic E-state index is 6.03. The van der Waals surface area contributed by atoms with Crippen LogP contribution in [-0.2, 0) is 0 Å². The zero-order valence-electron chi connectivity index (χ0n) is 11.2. The normalized spacial score (nSPS) is 32.9. The van der Waals surface area contributed by atoms with Crippen molar-refractivity contribution >= 4 is 11.6 Å². The van der Waals surface area contributed by atoms with Crippen molar-refractivity contribution < 1.29 is 0 Å². The molecule has 2 aliphatic carbocycles. The fourth-order valence-electron chi connectivity index (χ4n) is 3.05. The van der Waals surface area contributed by atoms with Crippen LogP contribution >= 0.6 is 11.6 Å². The van der Waals surface area contributed by atoms with Gasteiger partial charge in [-0.15, -0.1) is 0 Å². The lowest BCUT2D eigenvalue weighted by molar-refractivity contribution is 0.284. The third-order valence-corrected chi connectivity index (χ3v) is 5.06. The highest BCUT2D eigenvalue weighted by molar-refractivity contribution is 6.30. The summed E-state index contributed by atoms with van der Waals surface area (Å²) in [6, 6.07) is 9.06. The molecule has 0 aromatic heterocycles. The van der Waals surface area contributed by atoms with E-state index in [1.165, 1.54) is 31.4 Å². The lowest BCUT2D eigenvalue weighted by Gasteiger charge is -2.36. The predicted molar refractivity (Wildman–Crippen MR) is 77.1 cm³/mol. The first-order valence-corrected chi connectivity index (χ1v) is 7.41. The van der Waals surface area contributed by atoms with Crippen LogP contribution < -0.4 is 5.32 Å². The van der Waals surface area contributed by atoms with Crippen LogP contribution in [0.3, 0.4) is 0 Å². The minimum Gasteiger partial charge on any atom is -0.314 e. The maximum absolute atomic E-state index is 6.03. The number of halogens is 1. The van der Waals surface area contributed by atoms with Crippen molar-refractivity contribution in [3.05, 3.63) is 34.9 Å². The highest BCUT2D eigenvalue weighted by Gasteiger charge is 2.45. The lowest BCUT2D eigenvalue weighted by Crippen LogP contribution is -2.41. The SMILES string of the molecule is CC1(C)CC1CNC1CC(c2cccc(Cl)c2)C1. The van der Waals surface area contributed by atoms with E-state index in [4.69, 9.17) is 11.6 Å². The molecule has 2 heteroatoms. The molecule has 1 N–H and O–H groups in total. The fraction of sp³-hybridized carbons (Fsp3) is 0.625. The molecular formula is C16H22ClN. The molecule has 1 nitrogen and oxygen atoms in total. The van der Waals surface area contributed by atoms with E-state index in [2.05, 4.69) is 37.4 Å². The van der Waals surface area contributed by atoms with Crippen LogP contribution in [0.2, 0.25) is 5.02 Å². The van der Waals surface area contributed by atoms with E-state index in [1.54, 1.807) is 0 Å². The van der Waals surface area contributed by atoms with Gasteiger partial charge >= 0.3 is 0 Å². The summed E-state index contributed by atoms with van der Waals surface area (Å²) in [6.45, 7) is 5.95. The summed E-state index contributed by atoms with van der Waals surface area (Å²) in [5.41, 5.74) is 2.01. The summed E-state index contributed by atoms with van der Waals surface area (Å²) in [6.07, 6.45) is 3.94. The standard InChI is InChI=1S/C16H22ClN/c1-16(2)9-13(16)10-18-15-7-12(8-15)11-4-3-5-14(17)6-11/h3-6,12-13,15,18H,7-10H2,1-2H3. The molecule has 0 bridgehead atoms. The number of hydrogen-bond acceptors (Lipinski definition) is 1. The third-order valence-electron chi connectivity index (χ3n) is 4.83. The molecule has 1 atom stereocenters. The van der Waals surface area contributed by atoms with Crippen LogP contribution in [0.5, 0.6) is 0 Å². The zero-order chi connectivity index (χ0) is 12.8. The van der Waals surface area contributed by atoms with Crippen LogP contribution in [0.25, 0.3) is 0 Å². The Morgan fingerprint density at radius 3 is 2.67 bits per heavy atom. The number of benzene rings is 1. The second-order valence-electron chi connectivity index (χ2n) is 6.72. The van der Waals surface area contributed by atoms with Crippen molar-refractivity contribution in [1.82, 2.24) is 5.32 Å². The van der Waals surface area contributed by atoms with Gasteiger partial charge in [0.2, 0.25) is 0 Å². The van der Waals surface area contributed by atoms with Gasteiger partial charge in [-0.3, -0.25) is 0 Å². The Labute approximate surface area is 115 Å². The van der Waals surface area contributed by atoms with Crippen LogP contribution in [0.4, 0.5) is 0 Å². The largest absolute Gasteiger partial charge is 0.314 e. The fourth-order valence-corrected chi connectivity index (χ4v) is 3.25. The van der Waals surface area contributed by atoms with E-state index >= 15 is 0 Å². The monoisotopic (exact) mass is 263 g/mol. The van der Waals surface area contributed by atoms with Crippen molar-refractivity contribution in [1.29, 1.82) is 0 Å². The van der Waals surface area contributed by atoms with Gasteiger partial charge in [0.25, 0.3) is 0 Å². The number of nitrogens with one attached hydrogen (secondary N) is 1. The van der Waals surface area contributed by atoms with Gasteiger partial charge in [0.15, 0.2) is 0 Å². The molecule has 0 amide bonds. The van der Waals surface area contributed by atoms with Gasteiger partial charge in [-0.05, 0) is 60.8 Å². The molecule has 0 aliphatic heterocycles. The van der Waals surface area contributed by atoms with Crippen LogP contribution in [0.15, 0.2) is 24.3 Å². The molecular weight excluding hydrogens is 242 g/mol. The molecule has 3 rings (SSSR count). The summed E-state index contributed by atoms with van der Waals surface area (Å²) >= 11 is 6.03. The minimum atomic E-state index is 0.600. The maximum Gasteiger partial charge on any atom is 0.0408 e. The van der Waals surface area contributed by atoms with Gasteiger partial charge in [-0.1, -0.05) is 37.6 Å². The third kappa shape index (κ3) is 2.57. The molecule has 2 saturated carbocycles. The van der Waals surface area contributed by atoms with E-state index in [0.29, 0.717) is 11.3 Å². The summed E-state index contributed by atoms with van der Waals surface area (Å²) in [5, 5.41) is 4.58. The zero-order valence-corrected chi connectivity index (χ0v) is 12.0. The van der Waals surface area contributed by atoms with Gasteiger partial charge in [-0.2, -0.15) is 0 Å². The van der Waals surface area contributed by atoms with Gasteiger partial charge in [-0.25, -0.2) is 0 Å². The molecule has 1 unspecified atom stereocenters. The average molecular weight is 264 g/mol. The van der Waals surface area contributed by atoms with E-state index in [9.17, 15) is 0 Å². The molecule has 2 aliphatic rings. The van der Waals surface area contributed by atoms with Crippen LogP contribution in [0, 0.1) is 11.3 Å². The summed E-state index contributed by atoms with van der Waals surface area (Å²) < 4.78 is 0. The second kappa shape index (κ2) is 4.54. The Bertz CT molecular complexity index is 434. The molecule has 18 heavy (non-hydrogen) atoms. The van der Waals surface area contributed by atoms with E-state index in [-0.39, 0.29) is 0 Å². The first-order valence-electron chi connectivity index (χ1n) is 7.03. The quantitative estimate of drug-likeness (QED) is 0.858. The van der Waals surface area contributed by atoms with E-state index in [1.807, 2.05) is 6.07 Å². The average Bonchev–Trinajstić information content (AvgIpc) is 2.84. The molecule has 0 heterocycles. The molecule has 0 saturated heterocycles. The number of rotatable bonds is 4. The first-order chi connectivity index (χ1) is 8.54. The van der Waals surface area contributed by atoms with Gasteiger partial charge in [0.1, 0.15) is 0 Å². The highest BCUT2D eigenvalue weighted by Crippen LogP contribution is 2.51. The Balaban J connectivity index is 1.43. The molecule has 98 valence electrons. The Morgan fingerprint density at radius 2 is 2.06 bits per heavy atom. The van der Waals surface area contributed by atoms with Crippen molar-refractivity contribution in [2.24, 2.45) is 11.3 Å². The Morgan fingerprint density at radius 1 is 1.33 bits per heavy atom. The van der Waals surface area contributed by atoms with Crippen molar-refractivity contribution in [2.75, 3.05) is 6.54 Å². The van der Waals surface area contributed by atoms with Crippen LogP contribution in [-0.4, -0.2) is 12.6 Å². The van der Waals surface area contributed by atoms with Crippen molar-refractivity contribution in [2.45, 2.75) is 45.1 Å². The highest BCUT2D eigenvalue weighted by atomic mass is 35.5. The number of hydrogen-bond donors (Lipinski definition) is 1. The molecule has 1 aromatic carbocycles. The summed E-state index contributed by atoms with van der Waals surface area (Å²) in [5.74, 6) is 1.62. The summed E-state index contributed by atoms with van der Waals surface area (Å²) in [4.78, 5) is 0. The predicted octanol–water partition coefficient (Wildman–Crippen LogP) is 4.22. The van der Waals surface area contributed by atoms with Gasteiger partial charge < -0.3 is 5.32 Å². The lowest BCUT2D eigenvalue weighted by atomic mass is 9.76. The van der Waals surface area contributed by atoms with Gasteiger partial charge in [0, 0.05) is 11.1 Å². The van der Waals surface area contributed by atoms with E-state index < -0.39 is 0 Å². The molecule has 0 radical (unpaired) electrons. The second-order valence-corrected chi connectivity index (χ2v) is 7.15. The van der Waals surface area contributed by atoms with Crippen LogP contribution in [0.1, 0.15) is 44.6 Å². The molecule has 0 spiro atoms. The Kier molecular flexibility index (Phi) is 3.15. The summed E-state index contributed by atoms with van der Waals surface area (Å²) in [7, 11) is 0. The van der Waals surface area contributed by atoms with Gasteiger partial charge in [0.05, 0.1) is 0 Å². The topological polar surface area (TPSA) is 12.0 Å². The molecule has 1 aromatic rings. The Hall–Kier alpha value is -0.530. The van der Waals surface area contributed by atoms with E-state index in [0.717, 1.165) is 17.0 Å².